The average Bonchev–Trinajstić information content (AvgIpc) is 3.17. The molecular formula is C18H22N4O2. The summed E-state index contributed by atoms with van der Waals surface area (Å²) in [5, 5.41) is 18.0. The number of carbonyl (C=O) groups excluding carboxylic acids is 1. The van der Waals surface area contributed by atoms with Gasteiger partial charge in [0.1, 0.15) is 6.33 Å². The Morgan fingerprint density at radius 1 is 1.25 bits per heavy atom. The molecule has 1 saturated heterocycles. The highest BCUT2D eigenvalue weighted by atomic mass is 16.3. The second-order valence-corrected chi connectivity index (χ2v) is 6.82. The topological polar surface area (TPSA) is 82.1 Å². The molecule has 1 aromatic carbocycles. The van der Waals surface area contributed by atoms with Crippen LogP contribution < -0.4 is 0 Å². The zero-order valence-corrected chi connectivity index (χ0v) is 13.6. The quantitative estimate of drug-likeness (QED) is 0.885. The number of aliphatic hydroxyl groups is 1. The number of aromatic amines is 1. The standard InChI is InChI=1S/C18H22N4O2/c23-17(16-19-12-20-21-16)22-11-10-18(24,13-6-2-1-3-7-13)14-8-4-5-9-15(14)22/h1-3,6-7,12,14-15,24H,4-5,8-11H2,(H,19,20,21)/t14-,15+,18-/m0/s1. The molecule has 24 heavy (non-hydrogen) atoms. The van der Waals surface area contributed by atoms with Gasteiger partial charge in [-0.1, -0.05) is 43.2 Å². The molecule has 2 aromatic rings. The van der Waals surface area contributed by atoms with E-state index in [1.54, 1.807) is 0 Å². The summed E-state index contributed by atoms with van der Waals surface area (Å²) in [5.41, 5.74) is 0.106. The smallest absolute Gasteiger partial charge is 0.293 e. The van der Waals surface area contributed by atoms with Crippen LogP contribution in [0.2, 0.25) is 0 Å². The van der Waals surface area contributed by atoms with Gasteiger partial charge in [-0.2, -0.15) is 0 Å². The Kier molecular flexibility index (Phi) is 3.84. The van der Waals surface area contributed by atoms with Crippen LogP contribution in [0.5, 0.6) is 0 Å². The van der Waals surface area contributed by atoms with Crippen molar-refractivity contribution < 1.29 is 9.90 Å². The lowest BCUT2D eigenvalue weighted by atomic mass is 9.66. The predicted octanol–water partition coefficient (Wildman–Crippen LogP) is 2.10. The Morgan fingerprint density at radius 2 is 2.04 bits per heavy atom. The minimum Gasteiger partial charge on any atom is -0.385 e. The molecule has 0 radical (unpaired) electrons. The Balaban J connectivity index is 1.66. The molecule has 4 rings (SSSR count). The molecule has 1 aliphatic carbocycles. The average molecular weight is 326 g/mol. The van der Waals surface area contributed by atoms with Crippen molar-refractivity contribution in [1.82, 2.24) is 20.1 Å². The number of fused-ring (bicyclic) bond motifs is 1. The highest BCUT2D eigenvalue weighted by Crippen LogP contribution is 2.47. The monoisotopic (exact) mass is 326 g/mol. The lowest BCUT2D eigenvalue weighted by molar-refractivity contribution is -0.110. The van der Waals surface area contributed by atoms with Crippen molar-refractivity contribution in [3.8, 4) is 0 Å². The molecule has 1 aliphatic heterocycles. The second kappa shape index (κ2) is 6.02. The van der Waals surface area contributed by atoms with E-state index >= 15 is 0 Å². The van der Waals surface area contributed by atoms with E-state index in [1.165, 1.54) is 6.33 Å². The van der Waals surface area contributed by atoms with Crippen LogP contribution >= 0.6 is 0 Å². The second-order valence-electron chi connectivity index (χ2n) is 6.82. The number of H-pyrrole nitrogens is 1. The van der Waals surface area contributed by atoms with Gasteiger partial charge >= 0.3 is 0 Å². The van der Waals surface area contributed by atoms with Crippen molar-refractivity contribution in [2.24, 2.45) is 5.92 Å². The summed E-state index contributed by atoms with van der Waals surface area (Å²) >= 11 is 0. The Bertz CT molecular complexity index is 703. The normalized spacial score (nSPS) is 30.0. The molecule has 6 nitrogen and oxygen atoms in total. The number of hydrogen-bond acceptors (Lipinski definition) is 4. The van der Waals surface area contributed by atoms with Crippen molar-refractivity contribution in [2.45, 2.75) is 43.7 Å². The maximum absolute atomic E-state index is 12.8. The summed E-state index contributed by atoms with van der Waals surface area (Å²) < 4.78 is 0. The zero-order chi connectivity index (χ0) is 16.6. The lowest BCUT2D eigenvalue weighted by Crippen LogP contribution is -2.59. The van der Waals surface area contributed by atoms with E-state index in [9.17, 15) is 9.90 Å². The summed E-state index contributed by atoms with van der Waals surface area (Å²) in [6, 6.07) is 9.94. The van der Waals surface area contributed by atoms with Gasteiger partial charge in [-0.3, -0.25) is 9.89 Å². The predicted molar refractivity (Wildman–Crippen MR) is 88.1 cm³/mol. The number of rotatable bonds is 2. The van der Waals surface area contributed by atoms with Crippen molar-refractivity contribution >= 4 is 5.91 Å². The number of nitrogens with zero attached hydrogens (tertiary/aromatic N) is 3. The number of amides is 1. The molecule has 126 valence electrons. The van der Waals surface area contributed by atoms with E-state index in [4.69, 9.17) is 0 Å². The summed E-state index contributed by atoms with van der Waals surface area (Å²) in [4.78, 5) is 18.6. The number of nitrogens with one attached hydrogen (secondary N) is 1. The van der Waals surface area contributed by atoms with Crippen LogP contribution in [0.3, 0.4) is 0 Å². The molecule has 0 unspecified atom stereocenters. The molecule has 1 aromatic heterocycles. The number of hydrogen-bond donors (Lipinski definition) is 2. The summed E-state index contributed by atoms with van der Waals surface area (Å²) in [7, 11) is 0. The SMILES string of the molecule is O=C(c1nc[nH]n1)N1CC[C@](O)(c2ccccc2)[C@H]2CCCC[C@H]21. The van der Waals surface area contributed by atoms with Gasteiger partial charge in [0.25, 0.3) is 5.91 Å². The number of aromatic nitrogens is 3. The van der Waals surface area contributed by atoms with E-state index in [2.05, 4.69) is 15.2 Å². The zero-order valence-electron chi connectivity index (χ0n) is 13.6. The third kappa shape index (κ3) is 2.41. The van der Waals surface area contributed by atoms with Crippen molar-refractivity contribution in [3.63, 3.8) is 0 Å². The van der Waals surface area contributed by atoms with Gasteiger partial charge in [-0.15, -0.1) is 5.10 Å². The van der Waals surface area contributed by atoms with E-state index in [-0.39, 0.29) is 23.7 Å². The van der Waals surface area contributed by atoms with E-state index in [0.29, 0.717) is 13.0 Å². The van der Waals surface area contributed by atoms with Gasteiger partial charge in [0, 0.05) is 18.5 Å². The number of benzene rings is 1. The van der Waals surface area contributed by atoms with Crippen molar-refractivity contribution in [2.75, 3.05) is 6.54 Å². The van der Waals surface area contributed by atoms with Crippen LogP contribution in [0.1, 0.15) is 48.3 Å². The van der Waals surface area contributed by atoms with Crippen molar-refractivity contribution in [1.29, 1.82) is 0 Å². The number of likely N-dealkylation sites (tertiary alicyclic amines) is 1. The Labute approximate surface area is 140 Å². The minimum atomic E-state index is -0.859. The minimum absolute atomic E-state index is 0.0451. The molecule has 0 spiro atoms. The molecular weight excluding hydrogens is 304 g/mol. The van der Waals surface area contributed by atoms with Crippen LogP contribution in [0.4, 0.5) is 0 Å². The highest BCUT2D eigenvalue weighted by molar-refractivity contribution is 5.90. The van der Waals surface area contributed by atoms with Gasteiger partial charge in [-0.05, 0) is 24.8 Å². The van der Waals surface area contributed by atoms with Crippen LogP contribution in [0.25, 0.3) is 0 Å². The molecule has 1 amide bonds. The van der Waals surface area contributed by atoms with Gasteiger partial charge < -0.3 is 10.0 Å². The first kappa shape index (κ1) is 15.3. The molecule has 6 heteroatoms. The third-order valence-corrected chi connectivity index (χ3v) is 5.62. The highest BCUT2D eigenvalue weighted by Gasteiger charge is 2.50. The van der Waals surface area contributed by atoms with Crippen LogP contribution in [0.15, 0.2) is 36.7 Å². The number of carbonyl (C=O) groups is 1. The first-order valence-electron chi connectivity index (χ1n) is 8.65. The molecule has 1 saturated carbocycles. The molecule has 2 aliphatic rings. The summed E-state index contributed by atoms with van der Waals surface area (Å²) in [5.74, 6) is 0.137. The molecule has 3 atom stereocenters. The van der Waals surface area contributed by atoms with Gasteiger partial charge in [-0.25, -0.2) is 4.98 Å². The fraction of sp³-hybridized carbons (Fsp3) is 0.500. The van der Waals surface area contributed by atoms with Crippen LogP contribution in [0, 0.1) is 5.92 Å². The van der Waals surface area contributed by atoms with Gasteiger partial charge in [0.15, 0.2) is 0 Å². The Morgan fingerprint density at radius 3 is 2.79 bits per heavy atom. The maximum Gasteiger partial charge on any atom is 0.293 e. The maximum atomic E-state index is 12.8. The first-order valence-corrected chi connectivity index (χ1v) is 8.65. The third-order valence-electron chi connectivity index (χ3n) is 5.62. The van der Waals surface area contributed by atoms with Gasteiger partial charge in [0.05, 0.1) is 5.60 Å². The molecule has 2 N–H and O–H groups in total. The lowest BCUT2D eigenvalue weighted by Gasteiger charge is -2.52. The van der Waals surface area contributed by atoms with E-state index in [1.807, 2.05) is 35.2 Å². The Hall–Kier alpha value is -2.21. The largest absolute Gasteiger partial charge is 0.385 e. The van der Waals surface area contributed by atoms with Gasteiger partial charge in [0.2, 0.25) is 5.82 Å². The van der Waals surface area contributed by atoms with E-state index in [0.717, 1.165) is 31.2 Å². The van der Waals surface area contributed by atoms with E-state index < -0.39 is 5.60 Å². The van der Waals surface area contributed by atoms with Crippen molar-refractivity contribution in [3.05, 3.63) is 48.0 Å². The first-order chi connectivity index (χ1) is 11.7. The summed E-state index contributed by atoms with van der Waals surface area (Å²) in [6.07, 6.45) is 6.02. The van der Waals surface area contributed by atoms with Crippen LogP contribution in [-0.2, 0) is 5.60 Å². The molecule has 2 heterocycles. The fourth-order valence-electron chi connectivity index (χ4n) is 4.46. The fourth-order valence-corrected chi connectivity index (χ4v) is 4.46. The summed E-state index contributed by atoms with van der Waals surface area (Å²) in [6.45, 7) is 0.528. The van der Waals surface area contributed by atoms with Crippen LogP contribution in [-0.4, -0.2) is 43.7 Å². The molecule has 0 bridgehead atoms. The molecule has 2 fully saturated rings. The number of piperidine rings is 1.